The third-order valence-corrected chi connectivity index (χ3v) is 3.59. The summed E-state index contributed by atoms with van der Waals surface area (Å²) in [4.78, 5) is -0.261. The summed E-state index contributed by atoms with van der Waals surface area (Å²) in [6.45, 7) is 1.98. The second kappa shape index (κ2) is 4.96. The minimum atomic E-state index is -0.560. The van der Waals surface area contributed by atoms with Crippen molar-refractivity contribution >= 4 is 15.9 Å². The van der Waals surface area contributed by atoms with Crippen LogP contribution < -0.4 is 0 Å². The maximum atomic E-state index is 13.6. The van der Waals surface area contributed by atoms with Gasteiger partial charge in [0.1, 0.15) is 11.6 Å². The van der Waals surface area contributed by atoms with E-state index in [9.17, 15) is 8.78 Å². The molecule has 0 saturated carbocycles. The number of halogens is 3. The monoisotopic (exact) mass is 296 g/mol. The van der Waals surface area contributed by atoms with Gasteiger partial charge < -0.3 is 0 Å². The Kier molecular flexibility index (Phi) is 3.57. The highest BCUT2D eigenvalue weighted by molar-refractivity contribution is 9.09. The Labute approximate surface area is 107 Å². The van der Waals surface area contributed by atoms with E-state index in [0.717, 1.165) is 17.2 Å². The Bertz CT molecular complexity index is 537. The van der Waals surface area contributed by atoms with Crippen molar-refractivity contribution in [2.75, 3.05) is 0 Å². The standard InChI is InChI=1S/C14H11BrF2/c1-9-3-2-4-10(7-9)14(15)12-6-5-11(16)8-13(12)17/h2-8,14H,1H3. The lowest BCUT2D eigenvalue weighted by atomic mass is 10.0. The molecule has 2 rings (SSSR count). The molecule has 0 aromatic heterocycles. The molecule has 3 heteroatoms. The largest absolute Gasteiger partial charge is 0.207 e. The second-order valence-electron chi connectivity index (χ2n) is 3.94. The Morgan fingerprint density at radius 2 is 1.82 bits per heavy atom. The van der Waals surface area contributed by atoms with Gasteiger partial charge >= 0.3 is 0 Å². The van der Waals surface area contributed by atoms with Crippen LogP contribution in [0.4, 0.5) is 8.78 Å². The summed E-state index contributed by atoms with van der Waals surface area (Å²) in [5.74, 6) is -1.09. The van der Waals surface area contributed by atoms with Gasteiger partial charge in [-0.15, -0.1) is 0 Å². The number of alkyl halides is 1. The first-order valence-corrected chi connectivity index (χ1v) is 6.15. The van der Waals surface area contributed by atoms with Crippen molar-refractivity contribution in [3.63, 3.8) is 0 Å². The molecule has 0 bridgehead atoms. The first kappa shape index (κ1) is 12.2. The van der Waals surface area contributed by atoms with Crippen LogP contribution in [0.15, 0.2) is 42.5 Å². The van der Waals surface area contributed by atoms with Crippen LogP contribution >= 0.6 is 15.9 Å². The Morgan fingerprint density at radius 1 is 1.06 bits per heavy atom. The molecule has 88 valence electrons. The van der Waals surface area contributed by atoms with Crippen LogP contribution in [0.5, 0.6) is 0 Å². The van der Waals surface area contributed by atoms with E-state index in [4.69, 9.17) is 0 Å². The van der Waals surface area contributed by atoms with Crippen molar-refractivity contribution in [2.45, 2.75) is 11.8 Å². The molecule has 0 aliphatic rings. The van der Waals surface area contributed by atoms with Crippen LogP contribution in [0, 0.1) is 18.6 Å². The van der Waals surface area contributed by atoms with E-state index < -0.39 is 11.6 Å². The fourth-order valence-corrected chi connectivity index (χ4v) is 2.37. The molecule has 1 atom stereocenters. The maximum absolute atomic E-state index is 13.6. The van der Waals surface area contributed by atoms with E-state index >= 15 is 0 Å². The van der Waals surface area contributed by atoms with Crippen LogP contribution in [0.25, 0.3) is 0 Å². The Morgan fingerprint density at radius 3 is 2.47 bits per heavy atom. The van der Waals surface area contributed by atoms with E-state index in [1.165, 1.54) is 12.1 Å². The number of aryl methyl sites for hydroxylation is 1. The summed E-state index contributed by atoms with van der Waals surface area (Å²) in [6, 6.07) is 11.4. The van der Waals surface area contributed by atoms with E-state index in [0.29, 0.717) is 5.56 Å². The van der Waals surface area contributed by atoms with Gasteiger partial charge in [0.05, 0.1) is 4.83 Å². The third kappa shape index (κ3) is 2.72. The number of rotatable bonds is 2. The molecule has 0 nitrogen and oxygen atoms in total. The average Bonchev–Trinajstić information content (AvgIpc) is 2.28. The summed E-state index contributed by atoms with van der Waals surface area (Å²) in [5.41, 5.74) is 2.50. The lowest BCUT2D eigenvalue weighted by molar-refractivity contribution is 0.574. The van der Waals surface area contributed by atoms with E-state index in [-0.39, 0.29) is 4.83 Å². The van der Waals surface area contributed by atoms with Crippen LogP contribution in [0.1, 0.15) is 21.5 Å². The molecule has 0 fully saturated rings. The van der Waals surface area contributed by atoms with Crippen LogP contribution in [-0.4, -0.2) is 0 Å². The molecule has 0 aliphatic carbocycles. The molecule has 0 spiro atoms. The van der Waals surface area contributed by atoms with Gasteiger partial charge in [-0.1, -0.05) is 51.8 Å². The predicted octanol–water partition coefficient (Wildman–Crippen LogP) is 4.76. The number of hydrogen-bond acceptors (Lipinski definition) is 0. The fourth-order valence-electron chi connectivity index (χ4n) is 1.71. The van der Waals surface area contributed by atoms with Gasteiger partial charge in [0, 0.05) is 11.6 Å². The Hall–Kier alpha value is -1.22. The molecular weight excluding hydrogens is 286 g/mol. The first-order valence-electron chi connectivity index (χ1n) is 5.23. The zero-order valence-electron chi connectivity index (χ0n) is 9.25. The molecule has 1 unspecified atom stereocenters. The van der Waals surface area contributed by atoms with Gasteiger partial charge in [-0.05, 0) is 18.6 Å². The van der Waals surface area contributed by atoms with Crippen LogP contribution in [0.3, 0.4) is 0 Å². The molecule has 0 saturated heterocycles. The Balaban J connectivity index is 2.40. The molecule has 17 heavy (non-hydrogen) atoms. The summed E-state index contributed by atoms with van der Waals surface area (Å²) in [6.07, 6.45) is 0. The first-order chi connectivity index (χ1) is 8.08. The molecule has 0 heterocycles. The highest BCUT2D eigenvalue weighted by Crippen LogP contribution is 2.32. The third-order valence-electron chi connectivity index (χ3n) is 2.57. The summed E-state index contributed by atoms with van der Waals surface area (Å²) in [5, 5.41) is 0. The van der Waals surface area contributed by atoms with Gasteiger partial charge in [0.25, 0.3) is 0 Å². The fraction of sp³-hybridized carbons (Fsp3) is 0.143. The highest BCUT2D eigenvalue weighted by Gasteiger charge is 2.15. The maximum Gasteiger partial charge on any atom is 0.130 e. The second-order valence-corrected chi connectivity index (χ2v) is 4.86. The van der Waals surface area contributed by atoms with Crippen molar-refractivity contribution < 1.29 is 8.78 Å². The predicted molar refractivity (Wildman–Crippen MR) is 68.3 cm³/mol. The van der Waals surface area contributed by atoms with Crippen molar-refractivity contribution in [1.82, 2.24) is 0 Å². The van der Waals surface area contributed by atoms with E-state index in [2.05, 4.69) is 15.9 Å². The smallest absolute Gasteiger partial charge is 0.130 e. The van der Waals surface area contributed by atoms with Crippen molar-refractivity contribution in [3.8, 4) is 0 Å². The summed E-state index contributed by atoms with van der Waals surface area (Å²) >= 11 is 3.44. The molecular formula is C14H11BrF2. The molecule has 2 aromatic rings. The topological polar surface area (TPSA) is 0 Å². The van der Waals surface area contributed by atoms with Crippen LogP contribution in [-0.2, 0) is 0 Å². The summed E-state index contributed by atoms with van der Waals surface area (Å²) in [7, 11) is 0. The zero-order chi connectivity index (χ0) is 12.4. The van der Waals surface area contributed by atoms with E-state index in [1.54, 1.807) is 0 Å². The minimum absolute atomic E-state index is 0.261. The number of hydrogen-bond donors (Lipinski definition) is 0. The zero-order valence-corrected chi connectivity index (χ0v) is 10.8. The molecule has 2 aromatic carbocycles. The minimum Gasteiger partial charge on any atom is -0.207 e. The molecule has 0 amide bonds. The summed E-state index contributed by atoms with van der Waals surface area (Å²) < 4.78 is 26.4. The van der Waals surface area contributed by atoms with Gasteiger partial charge in [-0.25, -0.2) is 8.78 Å². The SMILES string of the molecule is Cc1cccc(C(Br)c2ccc(F)cc2F)c1. The van der Waals surface area contributed by atoms with Gasteiger partial charge in [0.2, 0.25) is 0 Å². The van der Waals surface area contributed by atoms with Crippen molar-refractivity contribution in [3.05, 3.63) is 70.8 Å². The lowest BCUT2D eigenvalue weighted by Gasteiger charge is -2.12. The lowest BCUT2D eigenvalue weighted by Crippen LogP contribution is -1.97. The van der Waals surface area contributed by atoms with Gasteiger partial charge in [-0.3, -0.25) is 0 Å². The number of benzene rings is 2. The highest BCUT2D eigenvalue weighted by atomic mass is 79.9. The van der Waals surface area contributed by atoms with E-state index in [1.807, 2.05) is 31.2 Å². The molecule has 0 N–H and O–H groups in total. The van der Waals surface area contributed by atoms with Crippen LogP contribution in [0.2, 0.25) is 0 Å². The molecule has 0 aliphatic heterocycles. The van der Waals surface area contributed by atoms with Crippen molar-refractivity contribution in [1.29, 1.82) is 0 Å². The normalized spacial score (nSPS) is 12.5. The molecule has 0 radical (unpaired) electrons. The quantitative estimate of drug-likeness (QED) is 0.701. The average molecular weight is 297 g/mol. The van der Waals surface area contributed by atoms with Gasteiger partial charge in [0.15, 0.2) is 0 Å². The van der Waals surface area contributed by atoms with Crippen molar-refractivity contribution in [2.24, 2.45) is 0 Å². The van der Waals surface area contributed by atoms with Gasteiger partial charge in [-0.2, -0.15) is 0 Å².